The Balaban J connectivity index is 1.78. The monoisotopic (exact) mass is 351 g/mol. The largest absolute Gasteiger partial charge is 0.467 e. The Bertz CT molecular complexity index is 831. The van der Waals surface area contributed by atoms with E-state index in [4.69, 9.17) is 4.42 Å². The fourth-order valence-corrected chi connectivity index (χ4v) is 3.83. The molecule has 0 bridgehead atoms. The van der Waals surface area contributed by atoms with Crippen LogP contribution in [0.4, 0.5) is 0 Å². The van der Waals surface area contributed by atoms with Gasteiger partial charge in [0.1, 0.15) is 17.4 Å². The summed E-state index contributed by atoms with van der Waals surface area (Å²) in [6.45, 7) is 4.44. The van der Waals surface area contributed by atoms with Gasteiger partial charge in [0.15, 0.2) is 0 Å². The molecule has 5 heteroatoms. The highest BCUT2D eigenvalue weighted by Gasteiger charge is 2.20. The van der Waals surface area contributed by atoms with Crippen LogP contribution in [0, 0.1) is 25.2 Å². The number of furan rings is 1. The maximum absolute atomic E-state index is 12.3. The second kappa shape index (κ2) is 8.09. The van der Waals surface area contributed by atoms with Crippen molar-refractivity contribution in [3.05, 3.63) is 52.7 Å². The lowest BCUT2D eigenvalue weighted by Gasteiger charge is -2.26. The minimum absolute atomic E-state index is 0.112. The average molecular weight is 351 g/mol. The zero-order valence-electron chi connectivity index (χ0n) is 15.4. The number of carbonyl (C=O) groups excluding carboxylic acids is 1. The van der Waals surface area contributed by atoms with E-state index in [-0.39, 0.29) is 18.0 Å². The Kier molecular flexibility index (Phi) is 5.62. The first kappa shape index (κ1) is 18.1. The van der Waals surface area contributed by atoms with Crippen LogP contribution in [-0.4, -0.2) is 10.5 Å². The topological polar surface area (TPSA) is 71.0 Å². The molecule has 0 aromatic carbocycles. The van der Waals surface area contributed by atoms with Crippen molar-refractivity contribution in [1.82, 2.24) is 9.88 Å². The Morgan fingerprint density at radius 3 is 2.81 bits per heavy atom. The summed E-state index contributed by atoms with van der Waals surface area (Å²) >= 11 is 0. The zero-order valence-corrected chi connectivity index (χ0v) is 15.4. The molecule has 2 aromatic rings. The molecule has 26 heavy (non-hydrogen) atoms. The molecule has 2 aromatic heterocycles. The lowest BCUT2D eigenvalue weighted by Crippen LogP contribution is -2.23. The van der Waals surface area contributed by atoms with E-state index in [0.29, 0.717) is 11.8 Å². The van der Waals surface area contributed by atoms with Gasteiger partial charge >= 0.3 is 0 Å². The van der Waals surface area contributed by atoms with Crippen LogP contribution in [0.3, 0.4) is 0 Å². The molecule has 3 rings (SSSR count). The first-order chi connectivity index (χ1) is 12.6. The van der Waals surface area contributed by atoms with Crippen LogP contribution in [0.1, 0.15) is 60.9 Å². The second-order valence-electron chi connectivity index (χ2n) is 6.92. The van der Waals surface area contributed by atoms with Gasteiger partial charge in [-0.2, -0.15) is 5.26 Å². The molecule has 1 amide bonds. The van der Waals surface area contributed by atoms with Gasteiger partial charge in [0.05, 0.1) is 12.8 Å². The standard InChI is InChI=1S/C21H25N3O2/c1-15-11-17(16(2)24(15)19-7-4-3-5-8-19)12-18(13-22)21(25)23-14-20-9-6-10-26-20/h6,9-12,19H,3-5,7-8,14H2,1-2H3,(H,23,25)/b18-12+. The molecule has 0 aliphatic heterocycles. The van der Waals surface area contributed by atoms with E-state index in [1.54, 1.807) is 24.5 Å². The molecule has 2 heterocycles. The zero-order chi connectivity index (χ0) is 18.5. The molecular weight excluding hydrogens is 326 g/mol. The Morgan fingerprint density at radius 2 is 2.15 bits per heavy atom. The molecule has 1 aliphatic carbocycles. The van der Waals surface area contributed by atoms with Crippen molar-refractivity contribution < 1.29 is 9.21 Å². The van der Waals surface area contributed by atoms with Gasteiger partial charge < -0.3 is 14.3 Å². The molecule has 1 saturated carbocycles. The quantitative estimate of drug-likeness (QED) is 0.640. The van der Waals surface area contributed by atoms with Crippen molar-refractivity contribution in [3.63, 3.8) is 0 Å². The highest BCUT2D eigenvalue weighted by atomic mass is 16.3. The molecule has 0 spiro atoms. The molecule has 0 atom stereocenters. The van der Waals surface area contributed by atoms with Crippen LogP contribution in [-0.2, 0) is 11.3 Å². The first-order valence-corrected chi connectivity index (χ1v) is 9.21. The summed E-state index contributed by atoms with van der Waals surface area (Å²) in [6.07, 6.45) is 9.51. The van der Waals surface area contributed by atoms with Crippen molar-refractivity contribution >= 4 is 12.0 Å². The van der Waals surface area contributed by atoms with Crippen molar-refractivity contribution in [3.8, 4) is 6.07 Å². The summed E-state index contributed by atoms with van der Waals surface area (Å²) < 4.78 is 7.58. The number of rotatable bonds is 5. The predicted molar refractivity (Wildman–Crippen MR) is 100 cm³/mol. The van der Waals surface area contributed by atoms with Gasteiger partial charge in [-0.25, -0.2) is 0 Å². The van der Waals surface area contributed by atoms with Crippen LogP contribution < -0.4 is 5.32 Å². The summed E-state index contributed by atoms with van der Waals surface area (Å²) in [7, 11) is 0. The third kappa shape index (κ3) is 3.91. The lowest BCUT2D eigenvalue weighted by atomic mass is 9.95. The van der Waals surface area contributed by atoms with Crippen LogP contribution >= 0.6 is 0 Å². The second-order valence-corrected chi connectivity index (χ2v) is 6.92. The molecule has 136 valence electrons. The molecule has 0 radical (unpaired) electrons. The number of carbonyl (C=O) groups is 1. The van der Waals surface area contributed by atoms with Crippen molar-refractivity contribution in [2.75, 3.05) is 0 Å². The summed E-state index contributed by atoms with van der Waals surface area (Å²) in [5.74, 6) is 0.275. The van der Waals surface area contributed by atoms with E-state index < -0.39 is 0 Å². The minimum Gasteiger partial charge on any atom is -0.467 e. The third-order valence-corrected chi connectivity index (χ3v) is 5.13. The van der Waals surface area contributed by atoms with Crippen molar-refractivity contribution in [1.29, 1.82) is 5.26 Å². The van der Waals surface area contributed by atoms with E-state index in [1.807, 2.05) is 6.07 Å². The Morgan fingerprint density at radius 1 is 1.38 bits per heavy atom. The summed E-state index contributed by atoms with van der Waals surface area (Å²) in [5.41, 5.74) is 3.37. The highest BCUT2D eigenvalue weighted by molar-refractivity contribution is 6.01. The van der Waals surface area contributed by atoms with Crippen LogP contribution in [0.15, 0.2) is 34.5 Å². The predicted octanol–water partition coefficient (Wildman–Crippen LogP) is 4.43. The van der Waals surface area contributed by atoms with Crippen molar-refractivity contribution in [2.24, 2.45) is 0 Å². The summed E-state index contributed by atoms with van der Waals surface area (Å²) in [6, 6.07) is 8.18. The average Bonchev–Trinajstić information content (AvgIpc) is 3.26. The Labute approximate surface area is 154 Å². The van der Waals surface area contributed by atoms with Crippen molar-refractivity contribution in [2.45, 2.75) is 58.5 Å². The lowest BCUT2D eigenvalue weighted by molar-refractivity contribution is -0.117. The number of nitrogens with zero attached hydrogens (tertiary/aromatic N) is 2. The molecular formula is C21H25N3O2. The van der Waals surface area contributed by atoms with E-state index in [2.05, 4.69) is 29.8 Å². The van der Waals surface area contributed by atoms with Gasteiger partial charge in [0.2, 0.25) is 0 Å². The van der Waals surface area contributed by atoms with E-state index >= 15 is 0 Å². The van der Waals surface area contributed by atoms with Crippen LogP contribution in [0.5, 0.6) is 0 Å². The van der Waals surface area contributed by atoms with Gasteiger partial charge in [-0.05, 0) is 56.5 Å². The number of aromatic nitrogens is 1. The highest BCUT2D eigenvalue weighted by Crippen LogP contribution is 2.32. The smallest absolute Gasteiger partial charge is 0.262 e. The van der Waals surface area contributed by atoms with Gasteiger partial charge in [-0.3, -0.25) is 4.79 Å². The van der Waals surface area contributed by atoms with Crippen LogP contribution in [0.25, 0.3) is 6.08 Å². The molecule has 0 saturated heterocycles. The SMILES string of the molecule is Cc1cc(/C=C(\C#N)C(=O)NCc2ccco2)c(C)n1C1CCCCC1. The van der Waals surface area contributed by atoms with E-state index in [1.165, 1.54) is 37.8 Å². The summed E-state index contributed by atoms with van der Waals surface area (Å²) in [4.78, 5) is 12.3. The number of nitriles is 1. The third-order valence-electron chi connectivity index (χ3n) is 5.13. The normalized spacial score (nSPS) is 15.7. The van der Waals surface area contributed by atoms with Gasteiger partial charge in [0.25, 0.3) is 5.91 Å². The van der Waals surface area contributed by atoms with Gasteiger partial charge in [0, 0.05) is 17.4 Å². The molecule has 5 nitrogen and oxygen atoms in total. The molecule has 0 unspecified atom stereocenters. The molecule has 1 N–H and O–H groups in total. The number of hydrogen-bond donors (Lipinski definition) is 1. The Hall–Kier alpha value is -2.74. The fraction of sp³-hybridized carbons (Fsp3) is 0.429. The van der Waals surface area contributed by atoms with Gasteiger partial charge in [-0.1, -0.05) is 19.3 Å². The summed E-state index contributed by atoms with van der Waals surface area (Å²) in [5, 5.41) is 12.2. The van der Waals surface area contributed by atoms with E-state index in [9.17, 15) is 10.1 Å². The number of nitrogens with one attached hydrogen (secondary N) is 1. The maximum Gasteiger partial charge on any atom is 0.262 e. The van der Waals surface area contributed by atoms with E-state index in [0.717, 1.165) is 11.3 Å². The maximum atomic E-state index is 12.3. The van der Waals surface area contributed by atoms with Crippen LogP contribution in [0.2, 0.25) is 0 Å². The number of amides is 1. The minimum atomic E-state index is -0.383. The fourth-order valence-electron chi connectivity index (χ4n) is 3.83. The van der Waals surface area contributed by atoms with Gasteiger partial charge in [-0.15, -0.1) is 0 Å². The molecule has 1 aliphatic rings. The number of hydrogen-bond acceptors (Lipinski definition) is 3. The molecule has 1 fully saturated rings. The number of aryl methyl sites for hydroxylation is 1. The first-order valence-electron chi connectivity index (χ1n) is 9.21.